The van der Waals surface area contributed by atoms with Crippen molar-refractivity contribution in [3.8, 4) is 0 Å². The second-order valence-electron chi connectivity index (χ2n) is 4.15. The van der Waals surface area contributed by atoms with Crippen LogP contribution in [-0.4, -0.2) is 17.7 Å². The van der Waals surface area contributed by atoms with Crippen LogP contribution in [0.25, 0.3) is 0 Å². The van der Waals surface area contributed by atoms with Crippen LogP contribution in [0.1, 0.15) is 24.9 Å². The molecule has 1 heterocycles. The maximum atomic E-state index is 11.6. The fraction of sp³-hybridized carbons (Fsp3) is 0.417. The van der Waals surface area contributed by atoms with Gasteiger partial charge in [0, 0.05) is 23.1 Å². The van der Waals surface area contributed by atoms with E-state index in [0.29, 0.717) is 6.42 Å². The Morgan fingerprint density at radius 1 is 1.59 bits per heavy atom. The van der Waals surface area contributed by atoms with Gasteiger partial charge in [-0.1, -0.05) is 18.2 Å². The Hall–Kier alpha value is -0.710. The maximum Gasteiger partial charge on any atom is 0.222 e. The lowest BCUT2D eigenvalue weighted by Crippen LogP contribution is -2.32. The van der Waals surface area contributed by atoms with Gasteiger partial charge in [0.05, 0.1) is 6.04 Å². The molecule has 1 aliphatic rings. The van der Waals surface area contributed by atoms with Crippen molar-refractivity contribution >= 4 is 30.1 Å². The smallest absolute Gasteiger partial charge is 0.222 e. The van der Waals surface area contributed by atoms with E-state index in [-0.39, 0.29) is 30.4 Å². The van der Waals surface area contributed by atoms with Crippen LogP contribution in [0, 0.1) is 0 Å². The number of benzene rings is 1. The van der Waals surface area contributed by atoms with Crippen molar-refractivity contribution < 1.29 is 4.79 Å². The van der Waals surface area contributed by atoms with Gasteiger partial charge in [-0.15, -0.1) is 24.2 Å². The van der Waals surface area contributed by atoms with Crippen molar-refractivity contribution in [1.29, 1.82) is 0 Å². The topological polar surface area (TPSA) is 55.1 Å². The predicted octanol–water partition coefficient (Wildman–Crippen LogP) is 2.11. The molecule has 0 fully saturated rings. The summed E-state index contributed by atoms with van der Waals surface area (Å²) < 4.78 is 0. The summed E-state index contributed by atoms with van der Waals surface area (Å²) in [4.78, 5) is 12.9. The van der Waals surface area contributed by atoms with Crippen molar-refractivity contribution in [2.24, 2.45) is 5.73 Å². The van der Waals surface area contributed by atoms with Gasteiger partial charge in [0.25, 0.3) is 0 Å². The Bertz CT molecular complexity index is 398. The highest BCUT2D eigenvalue weighted by molar-refractivity contribution is 7.99. The van der Waals surface area contributed by atoms with E-state index in [2.05, 4.69) is 17.4 Å². The fourth-order valence-electron chi connectivity index (χ4n) is 1.83. The summed E-state index contributed by atoms with van der Waals surface area (Å²) in [5.74, 6) is 0.960. The molecule has 1 aromatic carbocycles. The van der Waals surface area contributed by atoms with E-state index in [0.717, 1.165) is 5.75 Å². The summed E-state index contributed by atoms with van der Waals surface area (Å²) in [6.45, 7) is 1.84. The average Bonchev–Trinajstić information content (AvgIpc) is 2.61. The van der Waals surface area contributed by atoms with Crippen molar-refractivity contribution in [2.75, 3.05) is 5.75 Å². The number of rotatable bonds is 3. The summed E-state index contributed by atoms with van der Waals surface area (Å²) in [6.07, 6.45) is 0.392. The number of amides is 1. The molecular weight excluding hydrogens is 256 g/mol. The molecule has 1 aromatic rings. The first kappa shape index (κ1) is 14.4. The van der Waals surface area contributed by atoms with E-state index in [1.807, 2.05) is 19.1 Å². The van der Waals surface area contributed by atoms with Crippen LogP contribution in [-0.2, 0) is 4.79 Å². The zero-order valence-corrected chi connectivity index (χ0v) is 11.3. The molecule has 3 nitrogen and oxygen atoms in total. The van der Waals surface area contributed by atoms with Crippen LogP contribution < -0.4 is 11.1 Å². The summed E-state index contributed by atoms with van der Waals surface area (Å²) >= 11 is 1.79. The minimum absolute atomic E-state index is 0. The number of carbonyl (C=O) groups excluding carboxylic acids is 1. The fourth-order valence-corrected chi connectivity index (χ4v) is 2.99. The average molecular weight is 273 g/mol. The number of fused-ring (bicyclic) bond motifs is 1. The summed E-state index contributed by atoms with van der Waals surface area (Å²) in [5.41, 5.74) is 6.82. The molecule has 3 N–H and O–H groups in total. The highest BCUT2D eigenvalue weighted by Crippen LogP contribution is 2.37. The lowest BCUT2D eigenvalue weighted by atomic mass is 10.1. The van der Waals surface area contributed by atoms with E-state index in [9.17, 15) is 4.79 Å². The molecule has 0 spiro atoms. The standard InChI is InChI=1S/C12H16N2OS.ClH/c1-8(13)6-12(15)14-10-7-16-11-5-3-2-4-9(10)11;/h2-5,8,10H,6-7,13H2,1H3,(H,14,15);1H. The molecule has 5 heteroatoms. The van der Waals surface area contributed by atoms with Crippen LogP contribution in [0.3, 0.4) is 0 Å². The largest absolute Gasteiger partial charge is 0.348 e. The molecule has 0 bridgehead atoms. The summed E-state index contributed by atoms with van der Waals surface area (Å²) in [5, 5.41) is 3.03. The van der Waals surface area contributed by atoms with Gasteiger partial charge in [-0.3, -0.25) is 4.79 Å². The van der Waals surface area contributed by atoms with Gasteiger partial charge in [-0.2, -0.15) is 0 Å². The number of nitrogens with one attached hydrogen (secondary N) is 1. The molecule has 0 radical (unpaired) electrons. The van der Waals surface area contributed by atoms with Gasteiger partial charge in [0.15, 0.2) is 0 Å². The van der Waals surface area contributed by atoms with E-state index in [4.69, 9.17) is 5.73 Å². The first-order chi connectivity index (χ1) is 7.66. The van der Waals surface area contributed by atoms with Crippen LogP contribution in [0.2, 0.25) is 0 Å². The zero-order valence-electron chi connectivity index (χ0n) is 9.68. The Balaban J connectivity index is 0.00000144. The molecule has 1 aliphatic heterocycles. The van der Waals surface area contributed by atoms with Crippen LogP contribution >= 0.6 is 24.2 Å². The first-order valence-electron chi connectivity index (χ1n) is 5.43. The second-order valence-corrected chi connectivity index (χ2v) is 5.21. The zero-order chi connectivity index (χ0) is 11.5. The van der Waals surface area contributed by atoms with Crippen molar-refractivity contribution in [3.05, 3.63) is 29.8 Å². The Morgan fingerprint density at radius 2 is 2.29 bits per heavy atom. The predicted molar refractivity (Wildman–Crippen MR) is 73.6 cm³/mol. The molecule has 17 heavy (non-hydrogen) atoms. The van der Waals surface area contributed by atoms with E-state index >= 15 is 0 Å². The molecule has 2 rings (SSSR count). The number of carbonyl (C=O) groups is 1. The SMILES string of the molecule is CC(N)CC(=O)NC1CSc2ccccc21.Cl. The lowest BCUT2D eigenvalue weighted by Gasteiger charge is -2.14. The second kappa shape index (κ2) is 6.28. The molecule has 2 unspecified atom stereocenters. The third-order valence-electron chi connectivity index (χ3n) is 2.54. The van der Waals surface area contributed by atoms with Crippen molar-refractivity contribution in [3.63, 3.8) is 0 Å². The third kappa shape index (κ3) is 3.63. The normalized spacial score (nSPS) is 19.1. The highest BCUT2D eigenvalue weighted by atomic mass is 35.5. The Kier molecular flexibility index (Phi) is 5.31. The quantitative estimate of drug-likeness (QED) is 0.886. The number of halogens is 1. The molecule has 0 saturated carbocycles. The number of nitrogens with two attached hydrogens (primary N) is 1. The maximum absolute atomic E-state index is 11.6. The third-order valence-corrected chi connectivity index (χ3v) is 3.73. The monoisotopic (exact) mass is 272 g/mol. The number of thioether (sulfide) groups is 1. The van der Waals surface area contributed by atoms with Crippen molar-refractivity contribution in [2.45, 2.75) is 30.3 Å². The highest BCUT2D eigenvalue weighted by Gasteiger charge is 2.23. The first-order valence-corrected chi connectivity index (χ1v) is 6.42. The van der Waals surface area contributed by atoms with Crippen LogP contribution in [0.5, 0.6) is 0 Å². The van der Waals surface area contributed by atoms with Gasteiger partial charge >= 0.3 is 0 Å². The molecule has 94 valence electrons. The summed E-state index contributed by atoms with van der Waals surface area (Å²) in [7, 11) is 0. The number of hydrogen-bond donors (Lipinski definition) is 2. The van der Waals surface area contributed by atoms with Gasteiger partial charge < -0.3 is 11.1 Å². The van der Waals surface area contributed by atoms with Crippen LogP contribution in [0.4, 0.5) is 0 Å². The Labute approximate surface area is 112 Å². The summed E-state index contributed by atoms with van der Waals surface area (Å²) in [6, 6.07) is 8.27. The lowest BCUT2D eigenvalue weighted by molar-refractivity contribution is -0.121. The molecule has 0 aliphatic carbocycles. The molecule has 2 atom stereocenters. The number of hydrogen-bond acceptors (Lipinski definition) is 3. The van der Waals surface area contributed by atoms with Gasteiger partial charge in [0.1, 0.15) is 0 Å². The molecule has 0 saturated heterocycles. The van der Waals surface area contributed by atoms with Gasteiger partial charge in [0.2, 0.25) is 5.91 Å². The van der Waals surface area contributed by atoms with E-state index < -0.39 is 0 Å². The molecule has 0 aromatic heterocycles. The molecule has 1 amide bonds. The molecular formula is C12H17ClN2OS. The van der Waals surface area contributed by atoms with Crippen molar-refractivity contribution in [1.82, 2.24) is 5.32 Å². The Morgan fingerprint density at radius 3 is 3.00 bits per heavy atom. The van der Waals surface area contributed by atoms with E-state index in [1.165, 1.54) is 10.5 Å². The minimum atomic E-state index is -0.0794. The van der Waals surface area contributed by atoms with Gasteiger partial charge in [-0.05, 0) is 18.6 Å². The van der Waals surface area contributed by atoms with Crippen LogP contribution in [0.15, 0.2) is 29.2 Å². The van der Waals surface area contributed by atoms with E-state index in [1.54, 1.807) is 11.8 Å². The van der Waals surface area contributed by atoms with Gasteiger partial charge in [-0.25, -0.2) is 0 Å². The minimum Gasteiger partial charge on any atom is -0.348 e.